The molecule has 1 aliphatic rings. The summed E-state index contributed by atoms with van der Waals surface area (Å²) in [5, 5.41) is 6.21. The van der Waals surface area contributed by atoms with Gasteiger partial charge in [0.15, 0.2) is 9.84 Å². The van der Waals surface area contributed by atoms with E-state index in [1.54, 1.807) is 30.5 Å². The number of imidazole rings is 1. The van der Waals surface area contributed by atoms with E-state index in [4.69, 9.17) is 0 Å². The quantitative estimate of drug-likeness (QED) is 0.836. The molecule has 1 aliphatic heterocycles. The molecule has 0 unspecified atom stereocenters. The normalized spacial score (nSPS) is 15.4. The minimum absolute atomic E-state index is 0.196. The Morgan fingerprint density at radius 2 is 2.08 bits per heavy atom. The Morgan fingerprint density at radius 1 is 1.36 bits per heavy atom. The lowest BCUT2D eigenvalue weighted by atomic mass is 10.0. The number of nitrogens with zero attached hydrogens (tertiary/aromatic N) is 2. The van der Waals surface area contributed by atoms with Crippen LogP contribution in [0.2, 0.25) is 0 Å². The second-order valence-corrected chi connectivity index (χ2v) is 8.20. The molecule has 2 heterocycles. The molecule has 134 valence electrons. The highest BCUT2D eigenvalue weighted by Crippen LogP contribution is 2.20. The summed E-state index contributed by atoms with van der Waals surface area (Å²) in [4.78, 5) is 17.2. The molecule has 1 atom stereocenters. The van der Waals surface area contributed by atoms with E-state index in [0.717, 1.165) is 24.5 Å². The third kappa shape index (κ3) is 3.91. The smallest absolute Gasteiger partial charge is 0.271 e. The van der Waals surface area contributed by atoms with Gasteiger partial charge in [0.05, 0.1) is 17.5 Å². The number of benzene rings is 1. The lowest BCUT2D eigenvalue weighted by Gasteiger charge is -2.17. The number of carbonyl (C=O) groups is 1. The van der Waals surface area contributed by atoms with Crippen molar-refractivity contribution >= 4 is 15.7 Å². The molecule has 7 nitrogen and oxygen atoms in total. The molecule has 1 amide bonds. The van der Waals surface area contributed by atoms with Gasteiger partial charge in [0.1, 0.15) is 11.5 Å². The number of hydrogen-bond donors (Lipinski definition) is 2. The van der Waals surface area contributed by atoms with Gasteiger partial charge in [-0.15, -0.1) is 0 Å². The first-order valence-corrected chi connectivity index (χ1v) is 10.1. The number of hydrogen-bond acceptors (Lipinski definition) is 5. The summed E-state index contributed by atoms with van der Waals surface area (Å²) in [6, 6.07) is 6.43. The van der Waals surface area contributed by atoms with Crippen molar-refractivity contribution in [2.45, 2.75) is 37.4 Å². The molecule has 0 radical (unpaired) electrons. The molecule has 0 saturated carbocycles. The highest BCUT2D eigenvalue weighted by atomic mass is 32.2. The van der Waals surface area contributed by atoms with E-state index >= 15 is 0 Å². The molecule has 8 heteroatoms. The van der Waals surface area contributed by atoms with Gasteiger partial charge in [-0.2, -0.15) is 0 Å². The summed E-state index contributed by atoms with van der Waals surface area (Å²) < 4.78 is 25.1. The minimum Gasteiger partial charge on any atom is -0.344 e. The van der Waals surface area contributed by atoms with Gasteiger partial charge in [-0.25, -0.2) is 13.4 Å². The van der Waals surface area contributed by atoms with E-state index in [1.807, 2.05) is 11.5 Å². The average Bonchev–Trinajstić information content (AvgIpc) is 3.03. The summed E-state index contributed by atoms with van der Waals surface area (Å²) in [5.41, 5.74) is 1.28. The van der Waals surface area contributed by atoms with E-state index in [1.165, 1.54) is 6.26 Å². The van der Waals surface area contributed by atoms with Crippen LogP contribution in [0.4, 0.5) is 0 Å². The molecule has 25 heavy (non-hydrogen) atoms. The van der Waals surface area contributed by atoms with Gasteiger partial charge in [-0.1, -0.05) is 19.1 Å². The van der Waals surface area contributed by atoms with Crippen molar-refractivity contribution in [1.29, 1.82) is 0 Å². The second kappa shape index (κ2) is 6.97. The van der Waals surface area contributed by atoms with E-state index < -0.39 is 9.84 Å². The van der Waals surface area contributed by atoms with Gasteiger partial charge < -0.3 is 15.2 Å². The van der Waals surface area contributed by atoms with Crippen LogP contribution in [0.3, 0.4) is 0 Å². The van der Waals surface area contributed by atoms with Crippen LogP contribution in [-0.4, -0.2) is 36.7 Å². The fourth-order valence-corrected chi connectivity index (χ4v) is 3.53. The Hall–Kier alpha value is -2.19. The zero-order valence-electron chi connectivity index (χ0n) is 14.3. The molecule has 0 saturated heterocycles. The van der Waals surface area contributed by atoms with Gasteiger partial charge in [-0.3, -0.25) is 4.79 Å². The predicted octanol–water partition coefficient (Wildman–Crippen LogP) is 1.27. The summed E-state index contributed by atoms with van der Waals surface area (Å²) in [5.74, 6) is 0.642. The van der Waals surface area contributed by atoms with Crippen molar-refractivity contribution in [1.82, 2.24) is 20.2 Å². The van der Waals surface area contributed by atoms with Crippen molar-refractivity contribution in [2.75, 3.05) is 12.8 Å². The topological polar surface area (TPSA) is 93.1 Å². The number of nitrogens with one attached hydrogen (secondary N) is 2. The number of carbonyl (C=O) groups excluding carboxylic acids is 1. The third-order valence-corrected chi connectivity index (χ3v) is 5.46. The Bertz CT molecular complexity index is 848. The number of amides is 1. The van der Waals surface area contributed by atoms with Crippen LogP contribution in [0.5, 0.6) is 0 Å². The highest BCUT2D eigenvalue weighted by molar-refractivity contribution is 7.90. The van der Waals surface area contributed by atoms with Gasteiger partial charge >= 0.3 is 0 Å². The number of rotatable bonds is 5. The average molecular weight is 362 g/mol. The van der Waals surface area contributed by atoms with Gasteiger partial charge in [0.2, 0.25) is 0 Å². The second-order valence-electron chi connectivity index (χ2n) is 6.19. The lowest BCUT2D eigenvalue weighted by Crippen LogP contribution is -2.28. The van der Waals surface area contributed by atoms with Crippen molar-refractivity contribution < 1.29 is 13.2 Å². The van der Waals surface area contributed by atoms with Gasteiger partial charge in [-0.05, 0) is 24.1 Å². The van der Waals surface area contributed by atoms with Crippen molar-refractivity contribution in [3.63, 3.8) is 0 Å². The van der Waals surface area contributed by atoms with Gasteiger partial charge in [0, 0.05) is 25.5 Å². The maximum atomic E-state index is 12.5. The van der Waals surface area contributed by atoms with Crippen LogP contribution >= 0.6 is 0 Å². The first kappa shape index (κ1) is 17.6. The maximum absolute atomic E-state index is 12.5. The third-order valence-electron chi connectivity index (χ3n) is 4.33. The molecule has 0 bridgehead atoms. The Labute approximate surface area is 147 Å². The summed E-state index contributed by atoms with van der Waals surface area (Å²) >= 11 is 0. The fourth-order valence-electron chi connectivity index (χ4n) is 2.90. The number of fused-ring (bicyclic) bond motifs is 1. The van der Waals surface area contributed by atoms with Crippen LogP contribution < -0.4 is 10.6 Å². The lowest BCUT2D eigenvalue weighted by molar-refractivity contribution is 0.0930. The molecule has 0 spiro atoms. The zero-order chi connectivity index (χ0) is 18.0. The van der Waals surface area contributed by atoms with Crippen LogP contribution in [0.15, 0.2) is 35.4 Å². The minimum atomic E-state index is -3.23. The number of sulfone groups is 1. The van der Waals surface area contributed by atoms with E-state index in [-0.39, 0.29) is 16.8 Å². The molecule has 2 N–H and O–H groups in total. The van der Waals surface area contributed by atoms with Crippen LogP contribution in [-0.2, 0) is 22.9 Å². The monoisotopic (exact) mass is 362 g/mol. The van der Waals surface area contributed by atoms with Crippen molar-refractivity contribution in [2.24, 2.45) is 0 Å². The molecule has 0 aliphatic carbocycles. The van der Waals surface area contributed by atoms with Gasteiger partial charge in [0.25, 0.3) is 5.91 Å². The van der Waals surface area contributed by atoms with E-state index in [2.05, 4.69) is 15.6 Å². The first-order chi connectivity index (χ1) is 11.9. The molecule has 2 aromatic rings. The molecular weight excluding hydrogens is 340 g/mol. The summed E-state index contributed by atoms with van der Waals surface area (Å²) in [6.07, 6.45) is 3.65. The molecule has 1 aromatic heterocycles. The molecular formula is C17H22N4O3S. The van der Waals surface area contributed by atoms with Crippen molar-refractivity contribution in [3.8, 4) is 0 Å². The van der Waals surface area contributed by atoms with Crippen LogP contribution in [0.25, 0.3) is 0 Å². The summed E-state index contributed by atoms with van der Waals surface area (Å²) in [6.45, 7) is 4.31. The Kier molecular flexibility index (Phi) is 4.91. The predicted molar refractivity (Wildman–Crippen MR) is 94.0 cm³/mol. The standard InChI is InChI=1S/C17H22N4O3S/c1-3-14(12-4-6-13(7-5-12)25(2,23)24)20-17(22)15-11-21-9-8-18-10-16(21)19-15/h4-7,11,14,18H,3,8-10H2,1-2H3,(H,20,22)/t14-/m0/s1. The maximum Gasteiger partial charge on any atom is 0.271 e. The zero-order valence-corrected chi connectivity index (χ0v) is 15.1. The largest absolute Gasteiger partial charge is 0.344 e. The molecule has 1 aromatic carbocycles. The SMILES string of the molecule is CC[C@H](NC(=O)c1cn2c(n1)CNCC2)c1ccc(S(C)(=O)=O)cc1. The molecule has 3 rings (SSSR count). The van der Waals surface area contributed by atoms with E-state index in [0.29, 0.717) is 18.7 Å². The fraction of sp³-hybridized carbons (Fsp3) is 0.412. The Balaban J connectivity index is 1.75. The number of aromatic nitrogens is 2. The molecule has 0 fully saturated rings. The Morgan fingerprint density at radius 3 is 2.68 bits per heavy atom. The highest BCUT2D eigenvalue weighted by Gasteiger charge is 2.20. The first-order valence-electron chi connectivity index (χ1n) is 8.26. The van der Waals surface area contributed by atoms with Crippen LogP contribution in [0, 0.1) is 0 Å². The van der Waals surface area contributed by atoms with Crippen LogP contribution in [0.1, 0.15) is 41.3 Å². The van der Waals surface area contributed by atoms with Crippen molar-refractivity contribution in [3.05, 3.63) is 47.5 Å². The van der Waals surface area contributed by atoms with E-state index in [9.17, 15) is 13.2 Å². The summed E-state index contributed by atoms with van der Waals surface area (Å²) in [7, 11) is -3.23.